The molecule has 4 rings (SSSR count). The average Bonchev–Trinajstić information content (AvgIpc) is 2.80. The van der Waals surface area contributed by atoms with Crippen LogP contribution in [0.2, 0.25) is 0 Å². The molecule has 1 aliphatic heterocycles. The van der Waals surface area contributed by atoms with Crippen molar-refractivity contribution in [3.05, 3.63) is 94.9 Å². The Balaban J connectivity index is 1.46. The van der Waals surface area contributed by atoms with Gasteiger partial charge in [-0.3, -0.25) is 14.5 Å². The Bertz CT molecular complexity index is 1220. The Morgan fingerprint density at radius 2 is 1.88 bits per heavy atom. The number of rotatable bonds is 7. The van der Waals surface area contributed by atoms with Gasteiger partial charge in [0.1, 0.15) is 17.7 Å². The number of nitrogens with one attached hydrogen (secondary N) is 1. The highest BCUT2D eigenvalue weighted by atomic mass is 19.2. The zero-order valence-corrected chi connectivity index (χ0v) is 18.2. The van der Waals surface area contributed by atoms with Crippen LogP contribution in [0.25, 0.3) is 0 Å². The molecule has 0 radical (unpaired) electrons. The molecule has 0 saturated carbocycles. The van der Waals surface area contributed by atoms with Crippen LogP contribution in [0.15, 0.2) is 60.8 Å². The third-order valence-electron chi connectivity index (χ3n) is 5.66. The maximum absolute atomic E-state index is 13.9. The molecule has 2 amide bonds. The SMILES string of the molecule is N[C@@H](CC(=O)NC1Cc2cccnc2N(Cc2ccc(F)c(F)c2)C1=O)Cc1ccccc1F. The summed E-state index contributed by atoms with van der Waals surface area (Å²) in [5.41, 5.74) is 7.57. The third kappa shape index (κ3) is 5.26. The number of pyridine rings is 1. The molecule has 0 bridgehead atoms. The predicted octanol–water partition coefficient (Wildman–Crippen LogP) is 3.03. The highest BCUT2D eigenvalue weighted by Crippen LogP contribution is 2.27. The smallest absolute Gasteiger partial charge is 0.251 e. The van der Waals surface area contributed by atoms with E-state index in [0.29, 0.717) is 16.9 Å². The Hall–Kier alpha value is -3.72. The number of carbonyl (C=O) groups is 2. The lowest BCUT2D eigenvalue weighted by atomic mass is 9.98. The highest BCUT2D eigenvalue weighted by molar-refractivity contribution is 6.01. The van der Waals surface area contributed by atoms with Crippen LogP contribution in [0, 0.1) is 17.5 Å². The van der Waals surface area contributed by atoms with Gasteiger partial charge < -0.3 is 11.1 Å². The van der Waals surface area contributed by atoms with Crippen molar-refractivity contribution in [2.75, 3.05) is 4.90 Å². The number of nitrogens with zero attached hydrogens (tertiary/aromatic N) is 2. The van der Waals surface area contributed by atoms with Crippen molar-refractivity contribution < 1.29 is 22.8 Å². The molecule has 3 aromatic rings. The number of hydrogen-bond acceptors (Lipinski definition) is 4. The van der Waals surface area contributed by atoms with Gasteiger partial charge in [0.2, 0.25) is 5.91 Å². The van der Waals surface area contributed by atoms with Gasteiger partial charge >= 0.3 is 0 Å². The normalized spacial score (nSPS) is 16.2. The van der Waals surface area contributed by atoms with Gasteiger partial charge in [-0.1, -0.05) is 30.3 Å². The topological polar surface area (TPSA) is 88.3 Å². The second-order valence-corrected chi connectivity index (χ2v) is 8.24. The van der Waals surface area contributed by atoms with Crippen molar-refractivity contribution in [2.45, 2.75) is 37.9 Å². The molecule has 176 valence electrons. The number of carbonyl (C=O) groups excluding carboxylic acids is 2. The molecule has 2 aromatic carbocycles. The average molecular weight is 468 g/mol. The summed E-state index contributed by atoms with van der Waals surface area (Å²) >= 11 is 0. The van der Waals surface area contributed by atoms with E-state index >= 15 is 0 Å². The van der Waals surface area contributed by atoms with Gasteiger partial charge in [0.25, 0.3) is 5.91 Å². The number of aromatic nitrogens is 1. The second kappa shape index (κ2) is 10.0. The molecule has 34 heavy (non-hydrogen) atoms. The summed E-state index contributed by atoms with van der Waals surface area (Å²) < 4.78 is 40.9. The minimum Gasteiger partial charge on any atom is -0.344 e. The third-order valence-corrected chi connectivity index (χ3v) is 5.66. The van der Waals surface area contributed by atoms with Crippen LogP contribution < -0.4 is 16.0 Å². The van der Waals surface area contributed by atoms with Crippen molar-refractivity contribution in [1.82, 2.24) is 10.3 Å². The van der Waals surface area contributed by atoms with E-state index in [2.05, 4.69) is 10.3 Å². The lowest BCUT2D eigenvalue weighted by Crippen LogP contribution is -2.53. The first-order valence-electron chi connectivity index (χ1n) is 10.8. The van der Waals surface area contributed by atoms with E-state index in [1.165, 1.54) is 23.2 Å². The fourth-order valence-electron chi connectivity index (χ4n) is 4.03. The molecule has 6 nitrogen and oxygen atoms in total. The van der Waals surface area contributed by atoms with Crippen molar-refractivity contribution in [3.8, 4) is 0 Å². The minimum absolute atomic E-state index is 0.0424. The Morgan fingerprint density at radius 1 is 1.09 bits per heavy atom. The van der Waals surface area contributed by atoms with Gasteiger partial charge in [-0.25, -0.2) is 18.2 Å². The largest absolute Gasteiger partial charge is 0.344 e. The number of fused-ring (bicyclic) bond motifs is 1. The van der Waals surface area contributed by atoms with E-state index in [9.17, 15) is 22.8 Å². The van der Waals surface area contributed by atoms with Crippen molar-refractivity contribution in [1.29, 1.82) is 0 Å². The zero-order chi connectivity index (χ0) is 24.2. The number of hydrogen-bond donors (Lipinski definition) is 2. The van der Waals surface area contributed by atoms with Crippen molar-refractivity contribution >= 4 is 17.6 Å². The molecule has 0 spiro atoms. The molecule has 1 aromatic heterocycles. The fraction of sp³-hybridized carbons (Fsp3) is 0.240. The standard InChI is InChI=1S/C25H23F3N4O2/c26-19-6-2-1-4-16(19)11-18(29)13-23(33)31-22-12-17-5-3-9-30-24(17)32(25(22)34)14-15-7-8-20(27)21(28)10-15/h1-10,18,22H,11-14,29H2,(H,31,33)/t18-,22?/m1/s1. The van der Waals surface area contributed by atoms with Gasteiger partial charge in [0.05, 0.1) is 6.54 Å². The first-order valence-corrected chi connectivity index (χ1v) is 10.8. The molecule has 2 heterocycles. The second-order valence-electron chi connectivity index (χ2n) is 8.24. The quantitative estimate of drug-likeness (QED) is 0.558. The molecule has 2 atom stereocenters. The van der Waals surface area contributed by atoms with Crippen molar-refractivity contribution in [3.63, 3.8) is 0 Å². The van der Waals surface area contributed by atoms with Gasteiger partial charge in [0.15, 0.2) is 11.6 Å². The fourth-order valence-corrected chi connectivity index (χ4v) is 4.03. The van der Waals surface area contributed by atoms with Gasteiger partial charge in [-0.15, -0.1) is 0 Å². The molecule has 9 heteroatoms. The summed E-state index contributed by atoms with van der Waals surface area (Å²) in [4.78, 5) is 31.5. The monoisotopic (exact) mass is 468 g/mol. The number of nitrogens with two attached hydrogens (primary N) is 1. The van der Waals surface area contributed by atoms with Crippen LogP contribution in [-0.2, 0) is 29.0 Å². The molecule has 0 saturated heterocycles. The summed E-state index contributed by atoms with van der Waals surface area (Å²) in [6.45, 7) is -0.0424. The summed E-state index contributed by atoms with van der Waals surface area (Å²) in [6.07, 6.45) is 1.84. The molecular formula is C25H23F3N4O2. The Labute approximate surface area is 194 Å². The number of amides is 2. The number of anilines is 1. The minimum atomic E-state index is -1.02. The summed E-state index contributed by atoms with van der Waals surface area (Å²) in [5, 5.41) is 2.71. The van der Waals surface area contributed by atoms with Gasteiger partial charge in [-0.2, -0.15) is 0 Å². The Kier molecular flexibility index (Phi) is 6.93. The number of benzene rings is 2. The molecule has 1 aliphatic rings. The van der Waals surface area contributed by atoms with Crippen LogP contribution in [-0.4, -0.2) is 28.9 Å². The highest BCUT2D eigenvalue weighted by Gasteiger charge is 2.35. The van der Waals surface area contributed by atoms with Crippen molar-refractivity contribution in [2.24, 2.45) is 5.73 Å². The maximum atomic E-state index is 13.9. The lowest BCUT2D eigenvalue weighted by molar-refractivity contribution is -0.128. The first-order chi connectivity index (χ1) is 16.3. The predicted molar refractivity (Wildman–Crippen MR) is 120 cm³/mol. The van der Waals surface area contributed by atoms with E-state index in [1.807, 2.05) is 0 Å². The summed E-state index contributed by atoms with van der Waals surface area (Å²) in [5.74, 6) is -2.85. The zero-order valence-electron chi connectivity index (χ0n) is 18.2. The molecule has 0 fully saturated rings. The van der Waals surface area contributed by atoms with Crippen LogP contribution in [0.4, 0.5) is 19.0 Å². The van der Waals surface area contributed by atoms with Gasteiger partial charge in [-0.05, 0) is 47.4 Å². The van der Waals surface area contributed by atoms with Crippen LogP contribution in [0.3, 0.4) is 0 Å². The van der Waals surface area contributed by atoms with Crippen LogP contribution in [0.5, 0.6) is 0 Å². The Morgan fingerprint density at radius 3 is 2.65 bits per heavy atom. The summed E-state index contributed by atoms with van der Waals surface area (Å²) in [7, 11) is 0. The molecule has 0 aliphatic carbocycles. The van der Waals surface area contributed by atoms with E-state index < -0.39 is 41.3 Å². The summed E-state index contributed by atoms with van der Waals surface area (Å²) in [6, 6.07) is 11.6. The lowest BCUT2D eigenvalue weighted by Gasteiger charge is -2.33. The number of halogens is 3. The maximum Gasteiger partial charge on any atom is 0.251 e. The van der Waals surface area contributed by atoms with E-state index in [0.717, 1.165) is 17.7 Å². The molecule has 1 unspecified atom stereocenters. The van der Waals surface area contributed by atoms with Crippen LogP contribution >= 0.6 is 0 Å². The van der Waals surface area contributed by atoms with E-state index in [1.54, 1.807) is 30.3 Å². The molecule has 3 N–H and O–H groups in total. The van der Waals surface area contributed by atoms with E-state index in [4.69, 9.17) is 5.73 Å². The molecular weight excluding hydrogens is 445 g/mol. The van der Waals surface area contributed by atoms with Crippen LogP contribution in [0.1, 0.15) is 23.1 Å². The van der Waals surface area contributed by atoms with Gasteiger partial charge in [0, 0.05) is 25.1 Å². The first kappa shape index (κ1) is 23.4. The van der Waals surface area contributed by atoms with E-state index in [-0.39, 0.29) is 25.8 Å².